The van der Waals surface area contributed by atoms with Crippen LogP contribution in [-0.4, -0.2) is 11.7 Å². The van der Waals surface area contributed by atoms with Gasteiger partial charge in [0.15, 0.2) is 6.17 Å². The van der Waals surface area contributed by atoms with Crippen molar-refractivity contribution in [2.75, 3.05) is 0 Å². The number of amidine groups is 2. The third-order valence-corrected chi connectivity index (χ3v) is 5.75. The van der Waals surface area contributed by atoms with E-state index < -0.39 is 0 Å². The van der Waals surface area contributed by atoms with Gasteiger partial charge in [0.05, 0.1) is 0 Å². The predicted molar refractivity (Wildman–Crippen MR) is 131 cm³/mol. The molecule has 0 amide bonds. The van der Waals surface area contributed by atoms with E-state index in [1.807, 2.05) is 36.4 Å². The van der Waals surface area contributed by atoms with Crippen LogP contribution in [0.25, 0.3) is 11.1 Å². The van der Waals surface area contributed by atoms with E-state index >= 15 is 0 Å². The fourth-order valence-electron chi connectivity index (χ4n) is 3.57. The van der Waals surface area contributed by atoms with Gasteiger partial charge in [0.1, 0.15) is 11.7 Å². The second-order valence-electron chi connectivity index (χ2n) is 7.32. The van der Waals surface area contributed by atoms with Crippen LogP contribution in [0.4, 0.5) is 0 Å². The van der Waals surface area contributed by atoms with Gasteiger partial charge < -0.3 is 5.32 Å². The summed E-state index contributed by atoms with van der Waals surface area (Å²) in [5.74, 6) is 1.64. The number of hydrogen-bond acceptors (Lipinski definition) is 3. The summed E-state index contributed by atoms with van der Waals surface area (Å²) in [6.45, 7) is 0. The van der Waals surface area contributed by atoms with Gasteiger partial charge in [0, 0.05) is 15.6 Å². The van der Waals surface area contributed by atoms with E-state index in [1.54, 1.807) is 0 Å². The molecule has 0 saturated carbocycles. The zero-order chi connectivity index (χ0) is 21.0. The Labute approximate surface area is 190 Å². The van der Waals surface area contributed by atoms with Gasteiger partial charge in [-0.25, -0.2) is 9.98 Å². The molecule has 1 heterocycles. The van der Waals surface area contributed by atoms with Gasteiger partial charge in [-0.3, -0.25) is 0 Å². The number of aliphatic imine (C=N–C) groups is 2. The van der Waals surface area contributed by atoms with Crippen LogP contribution in [0.2, 0.25) is 0 Å². The summed E-state index contributed by atoms with van der Waals surface area (Å²) in [5, 5.41) is 3.43. The van der Waals surface area contributed by atoms with Gasteiger partial charge in [-0.15, -0.1) is 0 Å². The Balaban J connectivity index is 1.53. The Kier molecular flexibility index (Phi) is 5.46. The Morgan fingerprint density at radius 2 is 0.968 bits per heavy atom. The summed E-state index contributed by atoms with van der Waals surface area (Å²) < 4.78 is 1.04. The second-order valence-corrected chi connectivity index (χ2v) is 8.23. The standard InChI is InChI=1S/C27H20BrN3/c28-24-17-15-23(16-18-24)27-30-25(21-9-5-2-6-10-21)29-26(31-27)22-13-11-20(12-14-22)19-7-3-1-4-8-19/h1-18,26H,(H,29,30,31). The second kappa shape index (κ2) is 8.70. The highest BCUT2D eigenvalue weighted by Gasteiger charge is 2.20. The van der Waals surface area contributed by atoms with E-state index in [9.17, 15) is 0 Å². The fraction of sp³-hybridized carbons (Fsp3) is 0.0370. The molecule has 3 nitrogen and oxygen atoms in total. The maximum atomic E-state index is 4.93. The van der Waals surface area contributed by atoms with Crippen LogP contribution in [0.15, 0.2) is 124 Å². The minimum atomic E-state index is -0.306. The molecule has 1 N–H and O–H groups in total. The molecule has 0 radical (unpaired) electrons. The minimum Gasteiger partial charge on any atom is -0.324 e. The zero-order valence-corrected chi connectivity index (χ0v) is 18.3. The van der Waals surface area contributed by atoms with Crippen molar-refractivity contribution in [1.82, 2.24) is 5.32 Å². The Morgan fingerprint density at radius 3 is 1.55 bits per heavy atom. The van der Waals surface area contributed by atoms with Crippen LogP contribution < -0.4 is 5.32 Å². The maximum absolute atomic E-state index is 4.93. The van der Waals surface area contributed by atoms with E-state index in [4.69, 9.17) is 9.98 Å². The SMILES string of the molecule is Brc1ccc(C2=NC(c3ccc(-c4ccccc4)cc3)N=C(c3ccccc3)N2)cc1. The van der Waals surface area contributed by atoms with Crippen LogP contribution in [0, 0.1) is 0 Å². The molecule has 5 rings (SSSR count). The summed E-state index contributed by atoms with van der Waals surface area (Å²) in [6, 6.07) is 37.2. The third kappa shape index (κ3) is 4.35. The van der Waals surface area contributed by atoms with Crippen LogP contribution in [-0.2, 0) is 0 Å². The van der Waals surface area contributed by atoms with Crippen molar-refractivity contribution in [1.29, 1.82) is 0 Å². The molecule has 1 aliphatic heterocycles. The predicted octanol–water partition coefficient (Wildman–Crippen LogP) is 6.61. The van der Waals surface area contributed by atoms with Gasteiger partial charge >= 0.3 is 0 Å². The number of nitrogens with zero attached hydrogens (tertiary/aromatic N) is 2. The highest BCUT2D eigenvalue weighted by Crippen LogP contribution is 2.27. The lowest BCUT2D eigenvalue weighted by Gasteiger charge is -2.22. The molecule has 1 aliphatic rings. The highest BCUT2D eigenvalue weighted by atomic mass is 79.9. The molecule has 0 bridgehead atoms. The molecule has 150 valence electrons. The van der Waals surface area contributed by atoms with E-state index in [0.29, 0.717) is 0 Å². The molecule has 1 atom stereocenters. The first-order chi connectivity index (χ1) is 15.3. The average molecular weight is 466 g/mol. The van der Waals surface area contributed by atoms with Crippen molar-refractivity contribution in [3.8, 4) is 11.1 Å². The summed E-state index contributed by atoms with van der Waals surface area (Å²) in [5.41, 5.74) is 5.51. The summed E-state index contributed by atoms with van der Waals surface area (Å²) in [7, 11) is 0. The lowest BCUT2D eigenvalue weighted by Crippen LogP contribution is -2.36. The van der Waals surface area contributed by atoms with Crippen LogP contribution in [0.3, 0.4) is 0 Å². The molecular weight excluding hydrogens is 446 g/mol. The molecule has 0 aromatic heterocycles. The molecule has 4 heteroatoms. The molecule has 0 fully saturated rings. The summed E-state index contributed by atoms with van der Waals surface area (Å²) in [4.78, 5) is 9.86. The van der Waals surface area contributed by atoms with Crippen molar-refractivity contribution in [3.63, 3.8) is 0 Å². The van der Waals surface area contributed by atoms with E-state index in [-0.39, 0.29) is 6.17 Å². The Morgan fingerprint density at radius 1 is 0.516 bits per heavy atom. The van der Waals surface area contributed by atoms with Crippen molar-refractivity contribution >= 4 is 27.6 Å². The molecule has 4 aromatic carbocycles. The molecule has 4 aromatic rings. The van der Waals surface area contributed by atoms with Crippen molar-refractivity contribution < 1.29 is 0 Å². The van der Waals surface area contributed by atoms with Gasteiger partial charge in [-0.2, -0.15) is 0 Å². The van der Waals surface area contributed by atoms with E-state index in [2.05, 4.69) is 94.0 Å². The Hall–Kier alpha value is -3.50. The average Bonchev–Trinajstić information content (AvgIpc) is 2.85. The molecule has 0 saturated heterocycles. The quantitative estimate of drug-likeness (QED) is 0.361. The first kappa shape index (κ1) is 19.5. The van der Waals surface area contributed by atoms with Crippen LogP contribution in [0.5, 0.6) is 0 Å². The lowest BCUT2D eigenvalue weighted by atomic mass is 10.0. The van der Waals surface area contributed by atoms with Crippen molar-refractivity contribution in [2.45, 2.75) is 6.17 Å². The molecule has 0 aliphatic carbocycles. The highest BCUT2D eigenvalue weighted by molar-refractivity contribution is 9.10. The van der Waals surface area contributed by atoms with Gasteiger partial charge in [0.25, 0.3) is 0 Å². The van der Waals surface area contributed by atoms with Crippen LogP contribution in [0.1, 0.15) is 22.9 Å². The molecular formula is C27H20BrN3. The number of halogens is 1. The summed E-state index contributed by atoms with van der Waals surface area (Å²) in [6.07, 6.45) is -0.306. The minimum absolute atomic E-state index is 0.306. The monoisotopic (exact) mass is 465 g/mol. The first-order valence-electron chi connectivity index (χ1n) is 10.2. The first-order valence-corrected chi connectivity index (χ1v) is 10.9. The largest absolute Gasteiger partial charge is 0.324 e. The normalized spacial score (nSPS) is 15.6. The Bertz CT molecular complexity index is 1230. The molecule has 0 spiro atoms. The number of hydrogen-bond donors (Lipinski definition) is 1. The number of benzene rings is 4. The van der Waals surface area contributed by atoms with Crippen LogP contribution >= 0.6 is 15.9 Å². The molecule has 31 heavy (non-hydrogen) atoms. The van der Waals surface area contributed by atoms with Gasteiger partial charge in [-0.1, -0.05) is 113 Å². The molecule has 1 unspecified atom stereocenters. The van der Waals surface area contributed by atoms with Crippen molar-refractivity contribution in [3.05, 3.63) is 130 Å². The number of nitrogens with one attached hydrogen (secondary N) is 1. The smallest absolute Gasteiger partial charge is 0.169 e. The fourth-order valence-corrected chi connectivity index (χ4v) is 3.84. The number of rotatable bonds is 4. The third-order valence-electron chi connectivity index (χ3n) is 5.22. The zero-order valence-electron chi connectivity index (χ0n) is 16.7. The lowest BCUT2D eigenvalue weighted by molar-refractivity contribution is 0.756. The van der Waals surface area contributed by atoms with E-state index in [1.165, 1.54) is 11.1 Å². The van der Waals surface area contributed by atoms with Gasteiger partial charge in [0.2, 0.25) is 0 Å². The van der Waals surface area contributed by atoms with Crippen molar-refractivity contribution in [2.24, 2.45) is 9.98 Å². The van der Waals surface area contributed by atoms with Gasteiger partial charge in [-0.05, 0) is 28.8 Å². The topological polar surface area (TPSA) is 36.8 Å². The maximum Gasteiger partial charge on any atom is 0.169 e. The van der Waals surface area contributed by atoms with E-state index in [0.717, 1.165) is 32.8 Å². The summed E-state index contributed by atoms with van der Waals surface area (Å²) >= 11 is 3.51.